The molecule has 0 bridgehead atoms. The van der Waals surface area contributed by atoms with Gasteiger partial charge in [-0.05, 0) is 35.8 Å². The van der Waals surface area contributed by atoms with Crippen LogP contribution in [0.5, 0.6) is 0 Å². The third-order valence-electron chi connectivity index (χ3n) is 1.74. The van der Waals surface area contributed by atoms with Crippen LogP contribution >= 0.6 is 0 Å². The van der Waals surface area contributed by atoms with E-state index in [2.05, 4.69) is 6.58 Å². The van der Waals surface area contributed by atoms with Crippen LogP contribution in [0.15, 0.2) is 30.4 Å². The van der Waals surface area contributed by atoms with Crippen LogP contribution in [0.4, 0.5) is 11.4 Å². The molecule has 0 aliphatic rings. The Kier molecular flexibility index (Phi) is 2.76. The van der Waals surface area contributed by atoms with Crippen LogP contribution in [-0.4, -0.2) is 5.97 Å². The zero-order valence-electron chi connectivity index (χ0n) is 7.62. The highest BCUT2D eigenvalue weighted by Crippen LogP contribution is 2.15. The highest BCUT2D eigenvalue weighted by Gasteiger charge is 2.00. The minimum absolute atomic E-state index is 0.00926. The van der Waals surface area contributed by atoms with Gasteiger partial charge in [-0.1, -0.05) is 6.58 Å². The summed E-state index contributed by atoms with van der Waals surface area (Å²) in [5.41, 5.74) is 12.8. The number of aliphatic carboxylic acids is 1. The second-order valence-electron chi connectivity index (χ2n) is 3.08. The summed E-state index contributed by atoms with van der Waals surface area (Å²) in [6.45, 7) is 3.37. The lowest BCUT2D eigenvalue weighted by Crippen LogP contribution is -2.24. The van der Waals surface area contributed by atoms with Gasteiger partial charge in [0.25, 0.3) is 0 Å². The predicted molar refractivity (Wildman–Crippen MR) is 53.1 cm³/mol. The number of carboxylic acids is 1. The van der Waals surface area contributed by atoms with Gasteiger partial charge in [-0.25, -0.2) is 0 Å². The Bertz CT molecular complexity index is 365. The number of benzene rings is 1. The molecule has 74 valence electrons. The molecule has 0 aromatic heterocycles. The number of rotatable bonds is 3. The van der Waals surface area contributed by atoms with Crippen molar-refractivity contribution in [1.82, 2.24) is 0 Å². The van der Waals surface area contributed by atoms with E-state index in [1.54, 1.807) is 18.2 Å². The fourth-order valence-electron chi connectivity index (χ4n) is 1.17. The van der Waals surface area contributed by atoms with Gasteiger partial charge in [-0.3, -0.25) is 0 Å². The molecule has 14 heavy (non-hydrogen) atoms. The van der Waals surface area contributed by atoms with Gasteiger partial charge in [0.2, 0.25) is 0 Å². The molecule has 0 saturated heterocycles. The first-order valence-corrected chi connectivity index (χ1v) is 4.03. The Morgan fingerprint density at radius 2 is 1.79 bits per heavy atom. The van der Waals surface area contributed by atoms with Crippen LogP contribution in [0.25, 0.3) is 0 Å². The standard InChI is InChI=1S/C10H12N2O2/c1-6(10(13)14)2-7-3-8(11)5-9(12)4-7/h3-5H,1-2,11-12H2,(H,13,14)/p-1. The molecule has 0 aliphatic heterocycles. The van der Waals surface area contributed by atoms with E-state index in [9.17, 15) is 9.90 Å². The molecular weight excluding hydrogens is 180 g/mol. The normalized spacial score (nSPS) is 9.71. The van der Waals surface area contributed by atoms with Crippen molar-refractivity contribution in [3.05, 3.63) is 35.9 Å². The lowest BCUT2D eigenvalue weighted by Gasteiger charge is -2.08. The first-order chi connectivity index (χ1) is 6.49. The summed E-state index contributed by atoms with van der Waals surface area (Å²) in [7, 11) is 0. The molecule has 0 radical (unpaired) electrons. The van der Waals surface area contributed by atoms with Crippen LogP contribution in [0.1, 0.15) is 5.56 Å². The van der Waals surface area contributed by atoms with Crippen LogP contribution < -0.4 is 16.6 Å². The molecule has 1 rings (SSSR count). The summed E-state index contributed by atoms with van der Waals surface area (Å²) < 4.78 is 0. The Morgan fingerprint density at radius 1 is 1.29 bits per heavy atom. The van der Waals surface area contributed by atoms with Crippen molar-refractivity contribution in [1.29, 1.82) is 0 Å². The lowest BCUT2D eigenvalue weighted by atomic mass is 10.1. The number of carbonyl (C=O) groups excluding carboxylic acids is 1. The topological polar surface area (TPSA) is 92.2 Å². The van der Waals surface area contributed by atoms with Gasteiger partial charge in [-0.15, -0.1) is 0 Å². The van der Waals surface area contributed by atoms with Gasteiger partial charge in [0.15, 0.2) is 0 Å². The van der Waals surface area contributed by atoms with E-state index in [0.29, 0.717) is 11.4 Å². The van der Waals surface area contributed by atoms with E-state index >= 15 is 0 Å². The molecule has 0 fully saturated rings. The van der Waals surface area contributed by atoms with Gasteiger partial charge >= 0.3 is 0 Å². The number of nitrogens with two attached hydrogens (primary N) is 2. The molecular formula is C10H11N2O2-. The minimum Gasteiger partial charge on any atom is -0.545 e. The van der Waals surface area contributed by atoms with E-state index < -0.39 is 5.97 Å². The Morgan fingerprint density at radius 3 is 2.21 bits per heavy atom. The third kappa shape index (κ3) is 2.52. The third-order valence-corrected chi connectivity index (χ3v) is 1.74. The maximum atomic E-state index is 10.4. The van der Waals surface area contributed by atoms with E-state index in [0.717, 1.165) is 5.56 Å². The van der Waals surface area contributed by atoms with Gasteiger partial charge in [0.05, 0.1) is 5.97 Å². The highest BCUT2D eigenvalue weighted by atomic mass is 16.4. The van der Waals surface area contributed by atoms with Crippen molar-refractivity contribution in [2.75, 3.05) is 11.5 Å². The van der Waals surface area contributed by atoms with Crippen molar-refractivity contribution >= 4 is 17.3 Å². The number of anilines is 2. The maximum Gasteiger partial charge on any atom is 0.0672 e. The molecule has 0 spiro atoms. The molecule has 4 nitrogen and oxygen atoms in total. The van der Waals surface area contributed by atoms with Crippen LogP contribution in [0, 0.1) is 0 Å². The van der Waals surface area contributed by atoms with Gasteiger partial charge in [0, 0.05) is 11.4 Å². The Hall–Kier alpha value is -1.97. The molecule has 0 unspecified atom stereocenters. The first kappa shape index (κ1) is 10.1. The van der Waals surface area contributed by atoms with Crippen LogP contribution in [0.3, 0.4) is 0 Å². The number of hydrogen-bond acceptors (Lipinski definition) is 4. The summed E-state index contributed by atoms with van der Waals surface area (Å²) >= 11 is 0. The lowest BCUT2D eigenvalue weighted by molar-refractivity contribution is -0.299. The fourth-order valence-corrected chi connectivity index (χ4v) is 1.17. The fraction of sp³-hybridized carbons (Fsp3) is 0.100. The maximum absolute atomic E-state index is 10.4. The van der Waals surface area contributed by atoms with Crippen molar-refractivity contribution < 1.29 is 9.90 Å². The first-order valence-electron chi connectivity index (χ1n) is 4.03. The number of hydrogen-bond donors (Lipinski definition) is 2. The summed E-state index contributed by atoms with van der Waals surface area (Å²) in [6, 6.07) is 4.92. The summed E-state index contributed by atoms with van der Waals surface area (Å²) in [5.74, 6) is -1.26. The van der Waals surface area contributed by atoms with Gasteiger partial charge in [-0.2, -0.15) is 0 Å². The largest absolute Gasteiger partial charge is 0.545 e. The smallest absolute Gasteiger partial charge is 0.0672 e. The zero-order valence-corrected chi connectivity index (χ0v) is 7.62. The summed E-state index contributed by atoms with van der Waals surface area (Å²) in [4.78, 5) is 10.4. The Labute approximate surface area is 81.8 Å². The quantitative estimate of drug-likeness (QED) is 0.506. The number of carbonyl (C=O) groups is 1. The average Bonchev–Trinajstić information content (AvgIpc) is 2.01. The van der Waals surface area contributed by atoms with E-state index in [4.69, 9.17) is 11.5 Å². The predicted octanol–water partition coefficient (Wildman–Crippen LogP) is -0.300. The van der Waals surface area contributed by atoms with E-state index in [1.165, 1.54) is 0 Å². The molecule has 0 saturated carbocycles. The van der Waals surface area contributed by atoms with Crippen molar-refractivity contribution in [3.63, 3.8) is 0 Å². The monoisotopic (exact) mass is 191 g/mol. The van der Waals surface area contributed by atoms with Gasteiger partial charge in [0.1, 0.15) is 0 Å². The van der Waals surface area contributed by atoms with Gasteiger partial charge < -0.3 is 21.4 Å². The van der Waals surface area contributed by atoms with Crippen molar-refractivity contribution in [3.8, 4) is 0 Å². The minimum atomic E-state index is -1.26. The molecule has 0 aliphatic carbocycles. The molecule has 0 amide bonds. The van der Waals surface area contributed by atoms with Crippen LogP contribution in [0.2, 0.25) is 0 Å². The molecule has 1 aromatic carbocycles. The molecule has 0 heterocycles. The molecule has 1 aromatic rings. The van der Waals surface area contributed by atoms with E-state index in [-0.39, 0.29) is 12.0 Å². The average molecular weight is 191 g/mol. The summed E-state index contributed by atoms with van der Waals surface area (Å²) in [6.07, 6.45) is 0.192. The Balaban J connectivity index is 2.87. The SMILES string of the molecule is C=C(Cc1cc(N)cc(N)c1)C(=O)[O-]. The van der Waals surface area contributed by atoms with Crippen molar-refractivity contribution in [2.45, 2.75) is 6.42 Å². The zero-order chi connectivity index (χ0) is 10.7. The van der Waals surface area contributed by atoms with Crippen LogP contribution in [-0.2, 0) is 11.2 Å². The second kappa shape index (κ2) is 3.83. The number of nitrogen functional groups attached to an aromatic ring is 2. The highest BCUT2D eigenvalue weighted by molar-refractivity contribution is 5.84. The molecule has 0 atom stereocenters. The second-order valence-corrected chi connectivity index (χ2v) is 3.08. The van der Waals surface area contributed by atoms with E-state index in [1.807, 2.05) is 0 Å². The summed E-state index contributed by atoms with van der Waals surface area (Å²) in [5, 5.41) is 10.4. The molecule has 4 N–H and O–H groups in total. The number of carboxylic acid groups (broad SMARTS) is 1. The molecule has 4 heteroatoms. The van der Waals surface area contributed by atoms with Crippen molar-refractivity contribution in [2.24, 2.45) is 0 Å².